The van der Waals surface area contributed by atoms with Crippen molar-refractivity contribution < 1.29 is 24.2 Å². The fourth-order valence-electron chi connectivity index (χ4n) is 5.41. The summed E-state index contributed by atoms with van der Waals surface area (Å²) in [6, 6.07) is 12.9. The Morgan fingerprint density at radius 2 is 1.75 bits per heavy atom. The molecule has 10 heteroatoms. The lowest BCUT2D eigenvalue weighted by molar-refractivity contribution is -0.124. The molecule has 1 N–H and O–H groups in total. The average Bonchev–Trinajstić information content (AvgIpc) is 3.59. The molecule has 1 amide bonds. The van der Waals surface area contributed by atoms with Crippen LogP contribution in [0.1, 0.15) is 42.3 Å². The molecule has 1 fully saturated rings. The first kappa shape index (κ1) is 27.9. The van der Waals surface area contributed by atoms with Gasteiger partial charge < -0.3 is 19.5 Å². The van der Waals surface area contributed by atoms with Crippen LogP contribution < -0.4 is 4.90 Å². The van der Waals surface area contributed by atoms with Gasteiger partial charge in [0.05, 0.1) is 30.6 Å². The molecule has 9 nitrogen and oxygen atoms in total. The minimum absolute atomic E-state index is 0.0614. The van der Waals surface area contributed by atoms with Crippen molar-refractivity contribution in [1.82, 2.24) is 14.6 Å². The number of hydrogen-bond acceptors (Lipinski definition) is 7. The van der Waals surface area contributed by atoms with Gasteiger partial charge in [0.25, 0.3) is 0 Å². The Hall–Kier alpha value is -3.60. The van der Waals surface area contributed by atoms with E-state index in [-0.39, 0.29) is 29.9 Å². The normalized spacial score (nSPS) is 17.4. The number of carbonyl (C=O) groups excluding carboxylic acids is 1. The number of aromatic nitrogens is 3. The first-order valence-electron chi connectivity index (χ1n) is 13.5. The lowest BCUT2D eigenvalue weighted by atomic mass is 9.82. The van der Waals surface area contributed by atoms with Crippen molar-refractivity contribution in [2.45, 2.75) is 38.6 Å². The van der Waals surface area contributed by atoms with Crippen molar-refractivity contribution in [3.8, 4) is 21.7 Å². The fraction of sp³-hybridized carbons (Fsp3) is 0.400. The largest absolute Gasteiger partial charge is 0.477 e. The number of carbonyl (C=O) groups is 2. The van der Waals surface area contributed by atoms with Crippen LogP contribution in [-0.2, 0) is 14.3 Å². The van der Waals surface area contributed by atoms with Gasteiger partial charge in [-0.2, -0.15) is 5.10 Å². The van der Waals surface area contributed by atoms with E-state index in [1.54, 1.807) is 29.8 Å². The van der Waals surface area contributed by atoms with E-state index in [9.17, 15) is 14.7 Å². The summed E-state index contributed by atoms with van der Waals surface area (Å²) in [6.07, 6.45) is 7.14. The Kier molecular flexibility index (Phi) is 8.58. The third-order valence-electron chi connectivity index (χ3n) is 7.55. The average molecular weight is 563 g/mol. The van der Waals surface area contributed by atoms with Gasteiger partial charge in [-0.1, -0.05) is 31.2 Å². The molecule has 0 unspecified atom stereocenters. The predicted octanol–water partition coefficient (Wildman–Crippen LogP) is 5.64. The zero-order valence-electron chi connectivity index (χ0n) is 22.9. The number of carboxylic acids is 1. The molecule has 3 aromatic heterocycles. The zero-order chi connectivity index (χ0) is 28.2. The topological polar surface area (TPSA) is 106 Å². The van der Waals surface area contributed by atoms with Crippen LogP contribution >= 0.6 is 11.3 Å². The number of amides is 1. The standard InChI is InChI=1S/C30H34N4O5S/c1-19-5-7-22(8-6-19)29(35)34(23(17-38-2)18-39-3)25-16-26(40-28(25)30(36)37)21-11-9-20(10-12-21)24-15-27-31-13-4-14-33(27)32-24/h4,9-16,19,22-23H,5-8,17-18H2,1-3H3,(H,36,37). The summed E-state index contributed by atoms with van der Waals surface area (Å²) in [5, 5.41) is 14.8. The molecule has 3 heterocycles. The van der Waals surface area contributed by atoms with Crippen LogP contribution in [0.5, 0.6) is 0 Å². The first-order valence-corrected chi connectivity index (χ1v) is 14.3. The van der Waals surface area contributed by atoms with E-state index in [0.717, 1.165) is 53.0 Å². The minimum atomic E-state index is -1.07. The van der Waals surface area contributed by atoms with E-state index >= 15 is 0 Å². The number of carboxylic acid groups (broad SMARTS) is 1. The Balaban J connectivity index is 1.50. The van der Waals surface area contributed by atoms with E-state index < -0.39 is 12.0 Å². The van der Waals surface area contributed by atoms with Gasteiger partial charge in [-0.15, -0.1) is 11.3 Å². The second-order valence-electron chi connectivity index (χ2n) is 10.4. The molecule has 4 aromatic rings. The molecule has 1 aliphatic rings. The van der Waals surface area contributed by atoms with Crippen molar-refractivity contribution in [3.05, 3.63) is 59.7 Å². The smallest absolute Gasteiger partial charge is 0.348 e. The van der Waals surface area contributed by atoms with Crippen molar-refractivity contribution >= 4 is 34.5 Å². The van der Waals surface area contributed by atoms with E-state index in [1.807, 2.05) is 48.7 Å². The molecule has 0 aliphatic heterocycles. The van der Waals surface area contributed by atoms with Gasteiger partial charge in [-0.05, 0) is 49.3 Å². The number of benzene rings is 1. The van der Waals surface area contributed by atoms with Crippen LogP contribution in [0.4, 0.5) is 5.69 Å². The number of aromatic carboxylic acids is 1. The Labute approximate surface area is 237 Å². The highest BCUT2D eigenvalue weighted by Crippen LogP contribution is 2.40. The summed E-state index contributed by atoms with van der Waals surface area (Å²) in [4.78, 5) is 33.3. The summed E-state index contributed by atoms with van der Waals surface area (Å²) in [7, 11) is 3.15. The Morgan fingerprint density at radius 1 is 1.07 bits per heavy atom. The van der Waals surface area contributed by atoms with Gasteiger partial charge in [0.2, 0.25) is 5.91 Å². The monoisotopic (exact) mass is 562 g/mol. The summed E-state index contributed by atoms with van der Waals surface area (Å²) < 4.78 is 12.6. The number of hydrogen-bond donors (Lipinski definition) is 1. The summed E-state index contributed by atoms with van der Waals surface area (Å²) >= 11 is 1.17. The van der Waals surface area contributed by atoms with Crippen LogP contribution in [0.25, 0.3) is 27.3 Å². The third-order valence-corrected chi connectivity index (χ3v) is 8.71. The highest BCUT2D eigenvalue weighted by molar-refractivity contribution is 7.18. The van der Waals surface area contributed by atoms with Gasteiger partial charge >= 0.3 is 5.97 Å². The van der Waals surface area contributed by atoms with Crippen LogP contribution in [0, 0.1) is 11.8 Å². The summed E-state index contributed by atoms with van der Waals surface area (Å²) in [6.45, 7) is 2.67. The van der Waals surface area contributed by atoms with Gasteiger partial charge in [0.15, 0.2) is 5.65 Å². The molecule has 5 rings (SSSR count). The Morgan fingerprint density at radius 3 is 2.38 bits per heavy atom. The number of thiophene rings is 1. The number of nitrogens with zero attached hydrogens (tertiary/aromatic N) is 4. The molecular formula is C30H34N4O5S. The lowest BCUT2D eigenvalue weighted by Crippen LogP contribution is -2.49. The van der Waals surface area contributed by atoms with Crippen LogP contribution in [0.2, 0.25) is 0 Å². The number of ether oxygens (including phenoxy) is 2. The lowest BCUT2D eigenvalue weighted by Gasteiger charge is -2.35. The van der Waals surface area contributed by atoms with Crippen molar-refractivity contribution in [3.63, 3.8) is 0 Å². The maximum Gasteiger partial charge on any atom is 0.348 e. The van der Waals surface area contributed by atoms with Crippen molar-refractivity contribution in [1.29, 1.82) is 0 Å². The predicted molar refractivity (Wildman–Crippen MR) is 155 cm³/mol. The number of methoxy groups -OCH3 is 2. The second kappa shape index (κ2) is 12.3. The molecule has 1 saturated carbocycles. The van der Waals surface area contributed by atoms with Gasteiger partial charge in [-0.3, -0.25) is 4.79 Å². The molecule has 0 bridgehead atoms. The van der Waals surface area contributed by atoms with Crippen LogP contribution in [0.3, 0.4) is 0 Å². The summed E-state index contributed by atoms with van der Waals surface area (Å²) in [5.74, 6) is -0.692. The molecule has 0 spiro atoms. The Bertz CT molecular complexity index is 1430. The third kappa shape index (κ3) is 5.79. The van der Waals surface area contributed by atoms with Crippen LogP contribution in [-0.4, -0.2) is 65.1 Å². The quantitative estimate of drug-likeness (QED) is 0.266. The number of anilines is 1. The van der Waals surface area contributed by atoms with E-state index in [1.165, 1.54) is 11.3 Å². The van der Waals surface area contributed by atoms with Crippen molar-refractivity contribution in [2.75, 3.05) is 32.3 Å². The van der Waals surface area contributed by atoms with E-state index in [4.69, 9.17) is 9.47 Å². The van der Waals surface area contributed by atoms with Crippen molar-refractivity contribution in [2.24, 2.45) is 11.8 Å². The highest BCUT2D eigenvalue weighted by atomic mass is 32.1. The molecule has 1 aromatic carbocycles. The zero-order valence-corrected chi connectivity index (χ0v) is 23.8. The van der Waals surface area contributed by atoms with E-state index in [0.29, 0.717) is 11.6 Å². The van der Waals surface area contributed by atoms with Gasteiger partial charge in [0, 0.05) is 49.0 Å². The number of rotatable bonds is 10. The maximum atomic E-state index is 14.0. The minimum Gasteiger partial charge on any atom is -0.477 e. The van der Waals surface area contributed by atoms with Gasteiger partial charge in [0.1, 0.15) is 4.88 Å². The van der Waals surface area contributed by atoms with Gasteiger partial charge in [-0.25, -0.2) is 14.3 Å². The molecule has 0 radical (unpaired) electrons. The SMILES string of the molecule is COCC(COC)N(C(=O)C1CCC(C)CC1)c1cc(-c2ccc(-c3cc4ncccn4n3)cc2)sc1C(=O)O. The van der Waals surface area contributed by atoms with E-state index in [2.05, 4.69) is 17.0 Å². The molecular weight excluding hydrogens is 528 g/mol. The highest BCUT2D eigenvalue weighted by Gasteiger charge is 2.36. The molecule has 1 aliphatic carbocycles. The molecule has 210 valence electrons. The summed E-state index contributed by atoms with van der Waals surface area (Å²) in [5.41, 5.74) is 3.73. The maximum absolute atomic E-state index is 14.0. The first-order chi connectivity index (χ1) is 19.4. The molecule has 40 heavy (non-hydrogen) atoms. The second-order valence-corrected chi connectivity index (χ2v) is 11.4. The fourth-order valence-corrected chi connectivity index (χ4v) is 6.41. The molecule has 0 saturated heterocycles. The van der Waals surface area contributed by atoms with Crippen LogP contribution in [0.15, 0.2) is 54.9 Å². The molecule has 0 atom stereocenters. The number of fused-ring (bicyclic) bond motifs is 1.